The first-order chi connectivity index (χ1) is 17.0. The Morgan fingerprint density at radius 2 is 1.47 bits per heavy atom. The van der Waals surface area contributed by atoms with Gasteiger partial charge in [0.05, 0.1) is 0 Å². The molecule has 36 heavy (non-hydrogen) atoms. The van der Waals surface area contributed by atoms with E-state index in [1.165, 1.54) is 56.3 Å². The van der Waals surface area contributed by atoms with E-state index in [0.29, 0.717) is 18.0 Å². The van der Waals surface area contributed by atoms with Gasteiger partial charge in [-0.25, -0.2) is 0 Å². The van der Waals surface area contributed by atoms with Crippen LogP contribution in [0.2, 0.25) is 37.4 Å². The number of unbranched alkanes of at least 4 members (excludes halogenated alkanes) is 3. The average molecular weight is 643 g/mol. The molecule has 0 aromatic heterocycles. The van der Waals surface area contributed by atoms with Gasteiger partial charge in [-0.05, 0) is 0 Å². The second-order valence-corrected chi connectivity index (χ2v) is 32.4. The van der Waals surface area contributed by atoms with E-state index in [-0.39, 0.29) is 12.0 Å². The van der Waals surface area contributed by atoms with Crippen molar-refractivity contribution < 1.29 is 12.8 Å². The van der Waals surface area contributed by atoms with Crippen LogP contribution in [0.25, 0.3) is 0 Å². The van der Waals surface area contributed by atoms with Gasteiger partial charge in [0.15, 0.2) is 0 Å². The third-order valence-corrected chi connectivity index (χ3v) is 25.7. The van der Waals surface area contributed by atoms with Crippen molar-refractivity contribution in [2.24, 2.45) is 5.92 Å². The standard InChI is InChI=1S/C17H26NO3SSi.3C4H9.Sn/c1-6-7-15-12-18(13-17(15)21-23(3,4)5)22(19,20)16-10-8-14(2)9-11-16;3*1-3-4-2;/h6-11,15,17H,1,12-13H2,2-5H3;3*1,3-4H2,2H3;/b7-6+;;;;/t15-,17+;;;;/m0..../s1. The van der Waals surface area contributed by atoms with Crippen LogP contribution in [-0.4, -0.2) is 58.6 Å². The summed E-state index contributed by atoms with van der Waals surface area (Å²) in [5.41, 5.74) is 1.07. The van der Waals surface area contributed by atoms with E-state index in [0.717, 1.165) is 5.56 Å². The van der Waals surface area contributed by atoms with Crippen molar-refractivity contribution in [3.05, 3.63) is 42.0 Å². The van der Waals surface area contributed by atoms with Crippen LogP contribution < -0.4 is 0 Å². The third-order valence-electron chi connectivity index (χ3n) is 7.56. The first-order valence-corrected chi connectivity index (χ1v) is 27.3. The van der Waals surface area contributed by atoms with Gasteiger partial charge in [0.25, 0.3) is 0 Å². The Labute approximate surface area is 228 Å². The summed E-state index contributed by atoms with van der Waals surface area (Å²) in [5.74, 6) is 0.129. The molecule has 0 amide bonds. The van der Waals surface area contributed by atoms with E-state index in [4.69, 9.17) is 4.43 Å². The topological polar surface area (TPSA) is 46.6 Å². The van der Waals surface area contributed by atoms with Crippen LogP contribution in [0.1, 0.15) is 64.9 Å². The summed E-state index contributed by atoms with van der Waals surface area (Å²) >= 11 is -2.25. The molecule has 0 N–H and O–H groups in total. The molecule has 1 aromatic carbocycles. The zero-order valence-corrected chi connectivity index (χ0v) is 28.9. The van der Waals surface area contributed by atoms with E-state index < -0.39 is 36.7 Å². The molecule has 0 aliphatic carbocycles. The molecule has 1 heterocycles. The third kappa shape index (κ3) is 9.86. The molecule has 0 bridgehead atoms. The van der Waals surface area contributed by atoms with Gasteiger partial charge < -0.3 is 0 Å². The minimum absolute atomic E-state index is 0.0559. The van der Waals surface area contributed by atoms with Crippen molar-refractivity contribution in [3.63, 3.8) is 0 Å². The van der Waals surface area contributed by atoms with Gasteiger partial charge in [-0.1, -0.05) is 0 Å². The molecular formula is C29H53NO3SSiSn. The molecule has 0 unspecified atom stereocenters. The van der Waals surface area contributed by atoms with Crippen molar-refractivity contribution in [1.82, 2.24) is 4.31 Å². The quantitative estimate of drug-likeness (QED) is 0.135. The number of benzene rings is 1. The molecule has 1 fully saturated rings. The van der Waals surface area contributed by atoms with Crippen LogP contribution >= 0.6 is 0 Å². The predicted molar refractivity (Wildman–Crippen MR) is 160 cm³/mol. The van der Waals surface area contributed by atoms with Crippen LogP contribution in [0.4, 0.5) is 0 Å². The van der Waals surface area contributed by atoms with E-state index >= 15 is 0 Å². The van der Waals surface area contributed by atoms with Crippen molar-refractivity contribution in [2.75, 3.05) is 13.1 Å². The van der Waals surface area contributed by atoms with Gasteiger partial charge in [-0.3, -0.25) is 0 Å². The van der Waals surface area contributed by atoms with Crippen molar-refractivity contribution in [1.29, 1.82) is 0 Å². The number of allylic oxidation sites excluding steroid dienone is 1. The fraction of sp³-hybridized carbons (Fsp3) is 0.724. The monoisotopic (exact) mass is 643 g/mol. The normalized spacial score (nSPS) is 20.0. The Morgan fingerprint density at radius 3 is 1.94 bits per heavy atom. The fourth-order valence-corrected chi connectivity index (χ4v) is 23.2. The van der Waals surface area contributed by atoms with E-state index in [1.54, 1.807) is 16.4 Å². The van der Waals surface area contributed by atoms with Gasteiger partial charge in [-0.15, -0.1) is 0 Å². The first-order valence-electron chi connectivity index (χ1n) is 14.4. The minimum atomic E-state index is -3.52. The Kier molecular flexibility index (Phi) is 13.2. The van der Waals surface area contributed by atoms with Gasteiger partial charge in [-0.2, -0.15) is 0 Å². The van der Waals surface area contributed by atoms with E-state index in [2.05, 4.69) is 52.6 Å². The Morgan fingerprint density at radius 1 is 0.944 bits per heavy atom. The van der Waals surface area contributed by atoms with Crippen LogP contribution in [0.15, 0.2) is 41.3 Å². The Balaban J connectivity index is 2.25. The molecule has 0 saturated carbocycles. The molecule has 1 aliphatic rings. The molecule has 0 radical (unpaired) electrons. The van der Waals surface area contributed by atoms with E-state index in [9.17, 15) is 8.42 Å². The van der Waals surface area contributed by atoms with Crippen LogP contribution in [0.3, 0.4) is 0 Å². The molecule has 0 spiro atoms. The molecule has 1 aromatic rings. The summed E-state index contributed by atoms with van der Waals surface area (Å²) in [7, 11) is -5.33. The zero-order chi connectivity index (χ0) is 26.8. The van der Waals surface area contributed by atoms with E-state index in [1.807, 2.05) is 19.1 Å². The summed E-state index contributed by atoms with van der Waals surface area (Å²) in [6.45, 7) is 16.5. The zero-order valence-electron chi connectivity index (χ0n) is 24.2. The number of aryl methyl sites for hydroxylation is 1. The first kappa shape index (κ1) is 32.1. The number of nitrogens with zero attached hydrogens (tertiary/aromatic N) is 1. The van der Waals surface area contributed by atoms with Crippen LogP contribution in [-0.2, 0) is 14.4 Å². The number of hydrogen-bond donors (Lipinski definition) is 0. The molecular weight excluding hydrogens is 589 g/mol. The van der Waals surface area contributed by atoms with Gasteiger partial charge in [0.2, 0.25) is 0 Å². The summed E-state index contributed by atoms with van der Waals surface area (Å²) < 4.78 is 41.0. The molecule has 206 valence electrons. The summed E-state index contributed by atoms with van der Waals surface area (Å²) in [6, 6.07) is 7.23. The summed E-state index contributed by atoms with van der Waals surface area (Å²) in [6.07, 6.45) is 12.8. The fourth-order valence-electron chi connectivity index (χ4n) is 5.41. The molecule has 2 atom stereocenters. The average Bonchev–Trinajstić information content (AvgIpc) is 3.21. The number of sulfonamides is 1. The molecule has 7 heteroatoms. The molecule has 1 saturated heterocycles. The van der Waals surface area contributed by atoms with Crippen LogP contribution in [0.5, 0.6) is 0 Å². The molecule has 1 aliphatic heterocycles. The Bertz CT molecular complexity index is 890. The van der Waals surface area contributed by atoms with Gasteiger partial charge in [0, 0.05) is 0 Å². The SMILES string of the molecule is CCC[CH2][Sn]([CH2]/C=C/[C@H]1CN(S(=O)(=O)c2ccc(C)cc2)C[C@H]1O[Si](C)(C)C)([CH2]CCC)[CH2]CCC. The predicted octanol–water partition coefficient (Wildman–Crippen LogP) is 8.24. The second-order valence-electron chi connectivity index (χ2n) is 12.0. The van der Waals surface area contributed by atoms with Crippen molar-refractivity contribution in [3.8, 4) is 0 Å². The Hall–Kier alpha value is -0.154. The van der Waals surface area contributed by atoms with Crippen molar-refractivity contribution in [2.45, 2.75) is 115 Å². The summed E-state index contributed by atoms with van der Waals surface area (Å²) in [4.78, 5) is 0.387. The molecule has 2 rings (SSSR count). The summed E-state index contributed by atoms with van der Waals surface area (Å²) in [5, 5.41) is 0. The molecule has 4 nitrogen and oxygen atoms in total. The van der Waals surface area contributed by atoms with Gasteiger partial charge in [0.1, 0.15) is 0 Å². The van der Waals surface area contributed by atoms with Gasteiger partial charge >= 0.3 is 229 Å². The number of rotatable bonds is 16. The van der Waals surface area contributed by atoms with Crippen molar-refractivity contribution >= 4 is 36.7 Å². The number of hydrogen-bond acceptors (Lipinski definition) is 3. The maximum absolute atomic E-state index is 13.5. The maximum atomic E-state index is 13.5. The second kappa shape index (κ2) is 14.9. The van der Waals surface area contributed by atoms with Crippen LogP contribution in [0, 0.1) is 12.8 Å².